The summed E-state index contributed by atoms with van der Waals surface area (Å²) in [6, 6.07) is 16.3. The van der Waals surface area contributed by atoms with E-state index >= 15 is 0 Å². The summed E-state index contributed by atoms with van der Waals surface area (Å²) in [6.45, 7) is 0.668. The first-order valence-electron chi connectivity index (χ1n) is 9.57. The van der Waals surface area contributed by atoms with Crippen LogP contribution in [0.2, 0.25) is 0 Å². The third-order valence-electron chi connectivity index (χ3n) is 4.90. The molecule has 0 aliphatic carbocycles. The lowest BCUT2D eigenvalue weighted by Gasteiger charge is -2.17. The fourth-order valence-corrected chi connectivity index (χ4v) is 3.50. The third-order valence-corrected chi connectivity index (χ3v) is 4.90. The maximum absolute atomic E-state index is 12.9. The third kappa shape index (κ3) is 3.99. The molecule has 0 unspecified atom stereocenters. The van der Waals surface area contributed by atoms with E-state index in [9.17, 15) is 9.59 Å². The average molecular weight is 390 g/mol. The van der Waals surface area contributed by atoms with E-state index in [2.05, 4.69) is 15.6 Å². The Hall–Kier alpha value is -3.61. The summed E-state index contributed by atoms with van der Waals surface area (Å²) in [5, 5.41) is 5.71. The molecule has 0 fully saturated rings. The monoisotopic (exact) mass is 390 g/mol. The van der Waals surface area contributed by atoms with Gasteiger partial charge in [0.25, 0.3) is 11.8 Å². The number of carbonyl (C=O) groups excluding carboxylic acids is 2. The van der Waals surface area contributed by atoms with E-state index in [0.717, 1.165) is 25.0 Å². The molecular formula is C22H22N4O3. The minimum absolute atomic E-state index is 0.251. The summed E-state index contributed by atoms with van der Waals surface area (Å²) in [4.78, 5) is 30.2. The van der Waals surface area contributed by atoms with Gasteiger partial charge in [-0.1, -0.05) is 24.3 Å². The highest BCUT2D eigenvalue weighted by Crippen LogP contribution is 2.23. The number of ether oxygens (including phenoxy) is 1. The van der Waals surface area contributed by atoms with Crippen molar-refractivity contribution in [3.05, 3.63) is 71.8 Å². The number of methoxy groups -OCH3 is 1. The molecule has 0 saturated heterocycles. The van der Waals surface area contributed by atoms with E-state index in [1.807, 2.05) is 34.9 Å². The highest BCUT2D eigenvalue weighted by Gasteiger charge is 2.27. The molecule has 3 aromatic rings. The summed E-state index contributed by atoms with van der Waals surface area (Å²) in [5.74, 6) is 0.249. The first-order valence-corrected chi connectivity index (χ1v) is 9.57. The number of amides is 2. The minimum Gasteiger partial charge on any atom is -0.497 e. The van der Waals surface area contributed by atoms with Crippen LogP contribution in [0, 0.1) is 0 Å². The Balaban J connectivity index is 1.62. The van der Waals surface area contributed by atoms with Crippen molar-refractivity contribution in [1.29, 1.82) is 0 Å². The number of hydrogen-bond donors (Lipinski definition) is 2. The van der Waals surface area contributed by atoms with Gasteiger partial charge in [0.15, 0.2) is 11.5 Å². The van der Waals surface area contributed by atoms with Gasteiger partial charge in [0.05, 0.1) is 12.8 Å². The van der Waals surface area contributed by atoms with Crippen molar-refractivity contribution in [3.8, 4) is 5.75 Å². The smallest absolute Gasteiger partial charge is 0.291 e. The Kier molecular flexibility index (Phi) is 5.29. The molecule has 0 radical (unpaired) electrons. The Morgan fingerprint density at radius 1 is 0.966 bits per heavy atom. The number of imidazole rings is 1. The molecule has 4 rings (SSSR count). The van der Waals surface area contributed by atoms with E-state index in [1.54, 1.807) is 31.4 Å². The molecule has 2 aromatic carbocycles. The number of hydrogen-bond acceptors (Lipinski definition) is 4. The van der Waals surface area contributed by atoms with Crippen molar-refractivity contribution in [3.63, 3.8) is 0 Å². The summed E-state index contributed by atoms with van der Waals surface area (Å²) in [5.41, 5.74) is 2.42. The molecule has 1 aromatic heterocycles. The van der Waals surface area contributed by atoms with Crippen LogP contribution >= 0.6 is 0 Å². The number of benzene rings is 2. The molecule has 148 valence electrons. The van der Waals surface area contributed by atoms with Crippen LogP contribution in [0.3, 0.4) is 0 Å². The van der Waals surface area contributed by atoms with Crippen molar-refractivity contribution in [2.75, 3.05) is 17.7 Å². The molecule has 2 amide bonds. The Bertz CT molecular complexity index is 1040. The second-order valence-electron chi connectivity index (χ2n) is 6.85. The second kappa shape index (κ2) is 8.18. The highest BCUT2D eigenvalue weighted by molar-refractivity contribution is 6.07. The first kappa shape index (κ1) is 18.7. The number of fused-ring (bicyclic) bond motifs is 1. The van der Waals surface area contributed by atoms with Crippen LogP contribution in [-0.4, -0.2) is 28.5 Å². The quantitative estimate of drug-likeness (QED) is 0.695. The maximum atomic E-state index is 12.9. The van der Waals surface area contributed by atoms with Gasteiger partial charge in [0.1, 0.15) is 5.75 Å². The van der Waals surface area contributed by atoms with E-state index in [4.69, 9.17) is 4.74 Å². The zero-order chi connectivity index (χ0) is 20.2. The Labute approximate surface area is 168 Å². The van der Waals surface area contributed by atoms with Gasteiger partial charge in [-0.15, -0.1) is 0 Å². The molecule has 7 nitrogen and oxygen atoms in total. The van der Waals surface area contributed by atoms with Gasteiger partial charge in [-0.2, -0.15) is 0 Å². The van der Waals surface area contributed by atoms with Crippen molar-refractivity contribution >= 4 is 23.2 Å². The van der Waals surface area contributed by atoms with Gasteiger partial charge < -0.3 is 19.9 Å². The van der Waals surface area contributed by atoms with Gasteiger partial charge >= 0.3 is 0 Å². The van der Waals surface area contributed by atoms with Crippen LogP contribution in [0.25, 0.3) is 0 Å². The maximum Gasteiger partial charge on any atom is 0.291 e. The lowest BCUT2D eigenvalue weighted by atomic mass is 10.1. The predicted molar refractivity (Wildman–Crippen MR) is 111 cm³/mol. The van der Waals surface area contributed by atoms with Crippen molar-refractivity contribution in [1.82, 2.24) is 9.55 Å². The average Bonchev–Trinajstić information content (AvgIpc) is 3.15. The van der Waals surface area contributed by atoms with Gasteiger partial charge in [-0.05, 0) is 43.5 Å². The topological polar surface area (TPSA) is 85.2 Å². The van der Waals surface area contributed by atoms with Crippen molar-refractivity contribution in [2.45, 2.75) is 25.8 Å². The molecule has 0 atom stereocenters. The van der Waals surface area contributed by atoms with Crippen LogP contribution in [0.4, 0.5) is 11.4 Å². The number of nitrogens with one attached hydrogen (secondary N) is 2. The number of rotatable bonds is 5. The number of nitrogens with zero attached hydrogens (tertiary/aromatic N) is 2. The van der Waals surface area contributed by atoms with Gasteiger partial charge in [0.2, 0.25) is 0 Å². The van der Waals surface area contributed by atoms with Gasteiger partial charge in [-0.25, -0.2) is 4.98 Å². The Morgan fingerprint density at radius 3 is 2.52 bits per heavy atom. The summed E-state index contributed by atoms with van der Waals surface area (Å²) in [6.07, 6.45) is 2.63. The zero-order valence-electron chi connectivity index (χ0n) is 16.1. The van der Waals surface area contributed by atoms with Crippen molar-refractivity contribution in [2.24, 2.45) is 0 Å². The largest absolute Gasteiger partial charge is 0.497 e. The summed E-state index contributed by atoms with van der Waals surface area (Å²) < 4.78 is 7.06. The molecule has 7 heteroatoms. The zero-order valence-corrected chi connectivity index (χ0v) is 16.1. The molecule has 2 heterocycles. The minimum atomic E-state index is -0.347. The van der Waals surface area contributed by atoms with E-state index in [0.29, 0.717) is 29.4 Å². The van der Waals surface area contributed by atoms with Gasteiger partial charge in [-0.3, -0.25) is 9.59 Å². The van der Waals surface area contributed by atoms with Crippen LogP contribution < -0.4 is 15.4 Å². The molecular weight excluding hydrogens is 368 g/mol. The normalized spacial score (nSPS) is 12.7. The number of aromatic nitrogens is 2. The molecule has 1 aliphatic rings. The standard InChI is InChI=1S/C22H22N4O3/c1-29-17-11-7-10-16(14-17)24-22(28)20-25-19(18-12-5-6-13-26(18)20)21(27)23-15-8-3-2-4-9-15/h2-4,7-11,14H,5-6,12-13H2,1H3,(H,23,27)(H,24,28). The fraction of sp³-hybridized carbons (Fsp3) is 0.227. The summed E-state index contributed by atoms with van der Waals surface area (Å²) in [7, 11) is 1.57. The molecule has 2 N–H and O–H groups in total. The SMILES string of the molecule is COc1cccc(NC(=O)c2nc(C(=O)Nc3ccccc3)c3n2CCCC3)c1. The van der Waals surface area contributed by atoms with Gasteiger partial charge in [0, 0.05) is 24.0 Å². The van der Waals surface area contributed by atoms with Crippen LogP contribution in [0.5, 0.6) is 5.75 Å². The van der Waals surface area contributed by atoms with Crippen LogP contribution in [0.1, 0.15) is 39.6 Å². The van der Waals surface area contributed by atoms with E-state index in [1.165, 1.54) is 0 Å². The van der Waals surface area contributed by atoms with E-state index < -0.39 is 0 Å². The lowest BCUT2D eigenvalue weighted by Crippen LogP contribution is -2.21. The number of para-hydroxylation sites is 1. The fourth-order valence-electron chi connectivity index (χ4n) is 3.50. The Morgan fingerprint density at radius 2 is 1.72 bits per heavy atom. The molecule has 0 spiro atoms. The molecule has 29 heavy (non-hydrogen) atoms. The molecule has 0 saturated carbocycles. The molecule has 0 bridgehead atoms. The number of anilines is 2. The van der Waals surface area contributed by atoms with Crippen molar-refractivity contribution < 1.29 is 14.3 Å². The molecule has 1 aliphatic heterocycles. The van der Waals surface area contributed by atoms with Crippen LogP contribution in [0.15, 0.2) is 54.6 Å². The second-order valence-corrected chi connectivity index (χ2v) is 6.85. The summed E-state index contributed by atoms with van der Waals surface area (Å²) >= 11 is 0. The number of carbonyl (C=O) groups is 2. The lowest BCUT2D eigenvalue weighted by molar-refractivity contribution is 0.101. The van der Waals surface area contributed by atoms with E-state index in [-0.39, 0.29) is 17.6 Å². The predicted octanol–water partition coefficient (Wildman–Crippen LogP) is 3.73. The van der Waals surface area contributed by atoms with Crippen LogP contribution in [-0.2, 0) is 13.0 Å². The first-order chi connectivity index (χ1) is 14.2. The highest BCUT2D eigenvalue weighted by atomic mass is 16.5.